The van der Waals surface area contributed by atoms with Gasteiger partial charge in [0.2, 0.25) is 0 Å². The predicted octanol–water partition coefficient (Wildman–Crippen LogP) is 6.20. The van der Waals surface area contributed by atoms with Crippen LogP contribution in [0.1, 0.15) is 18.5 Å². The Kier molecular flexibility index (Phi) is 6.90. The molecule has 0 spiro atoms. The van der Waals surface area contributed by atoms with Gasteiger partial charge in [0.05, 0.1) is 10.0 Å². The smallest absolute Gasteiger partial charge is 0.0595 e. The second-order valence-corrected chi connectivity index (χ2v) is 7.26. The number of hydrogen-bond acceptors (Lipinski definition) is 2. The molecule has 0 aromatic heterocycles. The predicted molar refractivity (Wildman–Crippen MR) is 97.7 cm³/mol. The van der Waals surface area contributed by atoms with Crippen molar-refractivity contribution in [3.05, 3.63) is 62.5 Å². The lowest BCUT2D eigenvalue weighted by Gasteiger charge is -2.19. The third-order valence-electron chi connectivity index (χ3n) is 3.04. The van der Waals surface area contributed by atoms with E-state index in [4.69, 9.17) is 23.2 Å². The van der Waals surface area contributed by atoms with Gasteiger partial charge in [0.1, 0.15) is 0 Å². The maximum atomic E-state index is 6.13. The Balaban J connectivity index is 2.12. The molecule has 1 atom stereocenters. The van der Waals surface area contributed by atoms with Crippen LogP contribution in [0, 0.1) is 0 Å². The molecule has 0 amide bonds. The molecule has 5 heteroatoms. The molecule has 1 nitrogen and oxygen atoms in total. The van der Waals surface area contributed by atoms with Crippen LogP contribution < -0.4 is 5.32 Å². The van der Waals surface area contributed by atoms with Crippen LogP contribution >= 0.6 is 50.9 Å². The molecule has 0 bridgehead atoms. The Morgan fingerprint density at radius 1 is 1.14 bits per heavy atom. The van der Waals surface area contributed by atoms with E-state index in [0.717, 1.165) is 22.3 Å². The second kappa shape index (κ2) is 8.44. The summed E-state index contributed by atoms with van der Waals surface area (Å²) in [7, 11) is 0. The van der Waals surface area contributed by atoms with E-state index in [1.807, 2.05) is 36.0 Å². The Morgan fingerprint density at radius 3 is 2.57 bits per heavy atom. The normalized spacial score (nSPS) is 12.4. The average molecular weight is 405 g/mol. The summed E-state index contributed by atoms with van der Waals surface area (Å²) < 4.78 is 1.12. The van der Waals surface area contributed by atoms with E-state index in [2.05, 4.69) is 46.4 Å². The van der Waals surface area contributed by atoms with Gasteiger partial charge in [-0.15, -0.1) is 11.8 Å². The molecule has 0 aliphatic rings. The monoisotopic (exact) mass is 403 g/mol. The fraction of sp³-hybridized carbons (Fsp3) is 0.250. The first-order valence-electron chi connectivity index (χ1n) is 6.67. The molecule has 0 saturated heterocycles. The van der Waals surface area contributed by atoms with Gasteiger partial charge in [0, 0.05) is 21.2 Å². The first kappa shape index (κ1) is 17.2. The topological polar surface area (TPSA) is 12.0 Å². The summed E-state index contributed by atoms with van der Waals surface area (Å²) >= 11 is 17.5. The van der Waals surface area contributed by atoms with E-state index in [1.54, 1.807) is 0 Å². The average Bonchev–Trinajstić information content (AvgIpc) is 2.48. The number of halogens is 3. The van der Waals surface area contributed by atoms with Gasteiger partial charge in [0.25, 0.3) is 0 Å². The first-order chi connectivity index (χ1) is 10.1. The Morgan fingerprint density at radius 2 is 1.90 bits per heavy atom. The molecular weight excluding hydrogens is 389 g/mol. The van der Waals surface area contributed by atoms with Crippen LogP contribution in [0.4, 0.5) is 0 Å². The third-order valence-corrected chi connectivity index (χ3v) is 5.90. The number of thioether (sulfide) groups is 1. The van der Waals surface area contributed by atoms with Crippen molar-refractivity contribution in [2.45, 2.75) is 17.9 Å². The molecule has 0 aliphatic carbocycles. The Bertz CT molecular complexity index is 607. The molecule has 21 heavy (non-hydrogen) atoms. The summed E-state index contributed by atoms with van der Waals surface area (Å²) in [4.78, 5) is 1.24. The van der Waals surface area contributed by atoms with Gasteiger partial charge in [-0.1, -0.05) is 48.3 Å². The summed E-state index contributed by atoms with van der Waals surface area (Å²) in [5.41, 5.74) is 1.16. The van der Waals surface area contributed by atoms with Crippen LogP contribution in [0.15, 0.2) is 51.8 Å². The summed E-state index contributed by atoms with van der Waals surface area (Å²) in [6.45, 7) is 3.01. The van der Waals surface area contributed by atoms with Gasteiger partial charge in [-0.3, -0.25) is 0 Å². The Hall–Kier alpha value is -0.190. The highest BCUT2D eigenvalue weighted by molar-refractivity contribution is 9.10. The van der Waals surface area contributed by atoms with Gasteiger partial charge in [-0.05, 0) is 52.3 Å². The molecule has 0 saturated carbocycles. The highest BCUT2D eigenvalue weighted by Crippen LogP contribution is 2.32. The maximum absolute atomic E-state index is 6.13. The van der Waals surface area contributed by atoms with E-state index in [9.17, 15) is 0 Å². The van der Waals surface area contributed by atoms with Crippen molar-refractivity contribution < 1.29 is 0 Å². The van der Waals surface area contributed by atoms with Gasteiger partial charge >= 0.3 is 0 Å². The van der Waals surface area contributed by atoms with E-state index in [-0.39, 0.29) is 6.04 Å². The van der Waals surface area contributed by atoms with Crippen LogP contribution in [0.25, 0.3) is 0 Å². The van der Waals surface area contributed by atoms with Crippen molar-refractivity contribution in [2.24, 2.45) is 0 Å². The zero-order valence-corrected chi connectivity index (χ0v) is 15.5. The standard InChI is InChI=1S/C16H16BrCl2NS/c1-2-20-15(11-7-8-13(18)14(19)9-11)10-21-16-6-4-3-5-12(16)17/h3-9,15,20H,2,10H2,1H3. The number of rotatable bonds is 6. The lowest BCUT2D eigenvalue weighted by atomic mass is 10.1. The molecule has 0 fully saturated rings. The highest BCUT2D eigenvalue weighted by Gasteiger charge is 2.13. The molecular formula is C16H16BrCl2NS. The van der Waals surface area contributed by atoms with Crippen LogP contribution in [0.5, 0.6) is 0 Å². The summed E-state index contributed by atoms with van der Waals surface area (Å²) in [5, 5.41) is 4.69. The molecule has 0 radical (unpaired) electrons. The minimum Gasteiger partial charge on any atom is -0.309 e. The summed E-state index contributed by atoms with van der Waals surface area (Å²) in [6, 6.07) is 14.3. The van der Waals surface area contributed by atoms with Gasteiger partial charge in [-0.2, -0.15) is 0 Å². The fourth-order valence-corrected chi connectivity index (χ4v) is 3.96. The van der Waals surface area contributed by atoms with Gasteiger partial charge in [-0.25, -0.2) is 0 Å². The number of hydrogen-bond donors (Lipinski definition) is 1. The van der Waals surface area contributed by atoms with Crippen molar-refractivity contribution in [1.82, 2.24) is 5.32 Å². The maximum Gasteiger partial charge on any atom is 0.0595 e. The lowest BCUT2D eigenvalue weighted by molar-refractivity contribution is 0.606. The molecule has 1 N–H and O–H groups in total. The number of nitrogens with one attached hydrogen (secondary N) is 1. The van der Waals surface area contributed by atoms with Crippen LogP contribution in [0.3, 0.4) is 0 Å². The molecule has 2 rings (SSSR count). The van der Waals surface area contributed by atoms with Crippen molar-refractivity contribution in [3.8, 4) is 0 Å². The van der Waals surface area contributed by atoms with Crippen molar-refractivity contribution >= 4 is 50.9 Å². The van der Waals surface area contributed by atoms with Crippen LogP contribution in [-0.4, -0.2) is 12.3 Å². The van der Waals surface area contributed by atoms with E-state index in [1.165, 1.54) is 4.90 Å². The second-order valence-electron chi connectivity index (χ2n) is 4.53. The van der Waals surface area contributed by atoms with E-state index in [0.29, 0.717) is 10.0 Å². The van der Waals surface area contributed by atoms with E-state index >= 15 is 0 Å². The SMILES string of the molecule is CCNC(CSc1ccccc1Br)c1ccc(Cl)c(Cl)c1. The number of benzene rings is 2. The lowest BCUT2D eigenvalue weighted by Crippen LogP contribution is -2.22. The van der Waals surface area contributed by atoms with Crippen molar-refractivity contribution in [3.63, 3.8) is 0 Å². The minimum atomic E-state index is 0.238. The quantitative estimate of drug-likeness (QED) is 0.575. The fourth-order valence-electron chi connectivity index (χ4n) is 1.98. The largest absolute Gasteiger partial charge is 0.309 e. The van der Waals surface area contributed by atoms with Crippen molar-refractivity contribution in [2.75, 3.05) is 12.3 Å². The molecule has 0 aliphatic heterocycles. The van der Waals surface area contributed by atoms with Crippen LogP contribution in [-0.2, 0) is 0 Å². The summed E-state index contributed by atoms with van der Waals surface area (Å²) in [6.07, 6.45) is 0. The molecule has 112 valence electrons. The zero-order chi connectivity index (χ0) is 15.2. The highest BCUT2D eigenvalue weighted by atomic mass is 79.9. The first-order valence-corrected chi connectivity index (χ1v) is 9.21. The van der Waals surface area contributed by atoms with Crippen molar-refractivity contribution in [1.29, 1.82) is 0 Å². The molecule has 1 unspecified atom stereocenters. The third kappa shape index (κ3) is 4.90. The Labute approximate surface area is 148 Å². The zero-order valence-electron chi connectivity index (χ0n) is 11.6. The molecule has 2 aromatic rings. The molecule has 2 aromatic carbocycles. The summed E-state index contributed by atoms with van der Waals surface area (Å²) in [5.74, 6) is 0.925. The molecule has 0 heterocycles. The van der Waals surface area contributed by atoms with Gasteiger partial charge < -0.3 is 5.32 Å². The van der Waals surface area contributed by atoms with E-state index < -0.39 is 0 Å². The van der Waals surface area contributed by atoms with Crippen LogP contribution in [0.2, 0.25) is 10.0 Å². The van der Waals surface area contributed by atoms with Gasteiger partial charge in [0.15, 0.2) is 0 Å². The minimum absolute atomic E-state index is 0.238.